The number of carbonyl (C=O) groups excluding carboxylic acids is 1. The molecule has 0 saturated carbocycles. The maximum Gasteiger partial charge on any atom is 0.224 e. The molecule has 1 amide bonds. The molecule has 1 saturated heterocycles. The summed E-state index contributed by atoms with van der Waals surface area (Å²) in [4.78, 5) is 12.2. The van der Waals surface area contributed by atoms with Crippen molar-refractivity contribution in [1.29, 1.82) is 0 Å². The summed E-state index contributed by atoms with van der Waals surface area (Å²) >= 11 is 0. The van der Waals surface area contributed by atoms with E-state index in [0.717, 1.165) is 31.5 Å². The molecule has 1 atom stereocenters. The minimum atomic E-state index is 0.120. The Morgan fingerprint density at radius 3 is 2.90 bits per heavy atom. The molecule has 0 bridgehead atoms. The monoisotopic (exact) mass is 268 g/mol. The fourth-order valence-corrected chi connectivity index (χ4v) is 2.87. The zero-order valence-electron chi connectivity index (χ0n) is 11.6. The Labute approximate surface area is 119 Å². The van der Waals surface area contributed by atoms with E-state index in [1.807, 2.05) is 24.3 Å². The van der Waals surface area contributed by atoms with Gasteiger partial charge in [0.1, 0.15) is 0 Å². The van der Waals surface area contributed by atoms with Crippen molar-refractivity contribution in [1.82, 2.24) is 10.6 Å². The van der Waals surface area contributed by atoms with Gasteiger partial charge in [0.25, 0.3) is 0 Å². The molecule has 1 aliphatic heterocycles. The van der Waals surface area contributed by atoms with Crippen LogP contribution in [0.15, 0.2) is 42.5 Å². The lowest BCUT2D eigenvalue weighted by atomic mass is 10.0. The number of benzene rings is 2. The summed E-state index contributed by atoms with van der Waals surface area (Å²) in [5.74, 6) is 0.120. The second-order valence-electron chi connectivity index (χ2n) is 5.43. The third kappa shape index (κ3) is 2.99. The Bertz CT molecular complexity index is 597. The first-order valence-corrected chi connectivity index (χ1v) is 7.29. The van der Waals surface area contributed by atoms with E-state index in [-0.39, 0.29) is 11.9 Å². The molecule has 1 aliphatic rings. The average Bonchev–Trinajstić information content (AvgIpc) is 2.48. The Morgan fingerprint density at radius 1 is 1.20 bits per heavy atom. The predicted octanol–water partition coefficient (Wildman–Crippen LogP) is 2.25. The van der Waals surface area contributed by atoms with Crippen LogP contribution in [-0.2, 0) is 11.2 Å². The molecule has 20 heavy (non-hydrogen) atoms. The second-order valence-corrected chi connectivity index (χ2v) is 5.43. The van der Waals surface area contributed by atoms with Crippen LogP contribution in [0.1, 0.15) is 18.4 Å². The normalized spacial score (nSPS) is 18.9. The van der Waals surface area contributed by atoms with Gasteiger partial charge in [-0.15, -0.1) is 0 Å². The van der Waals surface area contributed by atoms with Crippen LogP contribution in [0.4, 0.5) is 0 Å². The first-order chi connectivity index (χ1) is 9.83. The fourth-order valence-electron chi connectivity index (χ4n) is 2.87. The molecular formula is C17H20N2O. The van der Waals surface area contributed by atoms with Gasteiger partial charge >= 0.3 is 0 Å². The minimum absolute atomic E-state index is 0.120. The number of amides is 1. The minimum Gasteiger partial charge on any atom is -0.352 e. The summed E-state index contributed by atoms with van der Waals surface area (Å²) in [6, 6.07) is 14.7. The molecule has 0 radical (unpaired) electrons. The number of hydrogen-bond acceptors (Lipinski definition) is 2. The van der Waals surface area contributed by atoms with Gasteiger partial charge in [0.05, 0.1) is 6.42 Å². The van der Waals surface area contributed by atoms with Crippen molar-refractivity contribution in [3.05, 3.63) is 48.0 Å². The quantitative estimate of drug-likeness (QED) is 0.896. The van der Waals surface area contributed by atoms with Gasteiger partial charge in [-0.25, -0.2) is 0 Å². The lowest BCUT2D eigenvalue weighted by Crippen LogP contribution is -2.46. The van der Waals surface area contributed by atoms with Crippen LogP contribution < -0.4 is 10.6 Å². The molecule has 3 rings (SSSR count). The van der Waals surface area contributed by atoms with E-state index >= 15 is 0 Å². The molecule has 0 spiro atoms. The van der Waals surface area contributed by atoms with E-state index < -0.39 is 0 Å². The summed E-state index contributed by atoms with van der Waals surface area (Å²) in [6.45, 7) is 1.96. The van der Waals surface area contributed by atoms with Crippen LogP contribution >= 0.6 is 0 Å². The highest BCUT2D eigenvalue weighted by Gasteiger charge is 2.15. The van der Waals surface area contributed by atoms with E-state index in [9.17, 15) is 4.79 Å². The molecule has 3 heteroatoms. The molecular weight excluding hydrogens is 248 g/mol. The molecule has 0 aliphatic carbocycles. The van der Waals surface area contributed by atoms with Crippen LogP contribution in [0.5, 0.6) is 0 Å². The topological polar surface area (TPSA) is 41.1 Å². The van der Waals surface area contributed by atoms with E-state index in [0.29, 0.717) is 6.42 Å². The van der Waals surface area contributed by atoms with Gasteiger partial charge in [-0.05, 0) is 35.7 Å². The number of carbonyl (C=O) groups is 1. The van der Waals surface area contributed by atoms with Crippen molar-refractivity contribution in [2.75, 3.05) is 13.1 Å². The first-order valence-electron chi connectivity index (χ1n) is 7.29. The highest BCUT2D eigenvalue weighted by Crippen LogP contribution is 2.18. The van der Waals surface area contributed by atoms with Gasteiger partial charge < -0.3 is 10.6 Å². The number of rotatable bonds is 3. The number of fused-ring (bicyclic) bond motifs is 1. The van der Waals surface area contributed by atoms with Crippen LogP contribution in [0, 0.1) is 0 Å². The van der Waals surface area contributed by atoms with Gasteiger partial charge in [0, 0.05) is 12.6 Å². The predicted molar refractivity (Wildman–Crippen MR) is 81.7 cm³/mol. The van der Waals surface area contributed by atoms with Gasteiger partial charge in [0.15, 0.2) is 0 Å². The fraction of sp³-hybridized carbons (Fsp3) is 0.353. The van der Waals surface area contributed by atoms with Crippen molar-refractivity contribution >= 4 is 16.7 Å². The third-order valence-electron chi connectivity index (χ3n) is 3.89. The lowest BCUT2D eigenvalue weighted by Gasteiger charge is -2.23. The van der Waals surface area contributed by atoms with Crippen LogP contribution in [0.25, 0.3) is 10.8 Å². The number of nitrogens with one attached hydrogen (secondary N) is 2. The van der Waals surface area contributed by atoms with Gasteiger partial charge in [-0.2, -0.15) is 0 Å². The van der Waals surface area contributed by atoms with Crippen molar-refractivity contribution in [3.8, 4) is 0 Å². The first kappa shape index (κ1) is 13.1. The smallest absolute Gasteiger partial charge is 0.224 e. The Balaban J connectivity index is 1.71. The van der Waals surface area contributed by atoms with Crippen molar-refractivity contribution < 1.29 is 4.79 Å². The largest absolute Gasteiger partial charge is 0.352 e. The second kappa shape index (κ2) is 6.06. The summed E-state index contributed by atoms with van der Waals surface area (Å²) in [7, 11) is 0. The van der Waals surface area contributed by atoms with E-state index in [4.69, 9.17) is 0 Å². The molecule has 0 unspecified atom stereocenters. The zero-order valence-corrected chi connectivity index (χ0v) is 11.6. The Morgan fingerprint density at radius 2 is 2.05 bits per heavy atom. The molecule has 3 nitrogen and oxygen atoms in total. The van der Waals surface area contributed by atoms with Crippen LogP contribution in [0.3, 0.4) is 0 Å². The van der Waals surface area contributed by atoms with Gasteiger partial charge in [-0.3, -0.25) is 4.79 Å². The maximum atomic E-state index is 12.2. The SMILES string of the molecule is O=C(Cc1cccc2ccccc12)N[C@H]1CCCNC1. The molecule has 2 aromatic rings. The molecule has 1 heterocycles. The van der Waals surface area contributed by atoms with Gasteiger partial charge in [0.2, 0.25) is 5.91 Å². The van der Waals surface area contributed by atoms with E-state index in [1.165, 1.54) is 10.8 Å². The molecule has 1 fully saturated rings. The van der Waals surface area contributed by atoms with Crippen LogP contribution in [0.2, 0.25) is 0 Å². The van der Waals surface area contributed by atoms with Crippen molar-refractivity contribution in [2.24, 2.45) is 0 Å². The molecule has 2 N–H and O–H groups in total. The Hall–Kier alpha value is -1.87. The lowest BCUT2D eigenvalue weighted by molar-refractivity contribution is -0.121. The Kier molecular flexibility index (Phi) is 3.97. The highest BCUT2D eigenvalue weighted by atomic mass is 16.1. The molecule has 2 aromatic carbocycles. The van der Waals surface area contributed by atoms with E-state index in [1.54, 1.807) is 0 Å². The maximum absolute atomic E-state index is 12.2. The summed E-state index contributed by atoms with van der Waals surface area (Å²) in [6.07, 6.45) is 2.67. The average molecular weight is 268 g/mol. The van der Waals surface area contributed by atoms with Gasteiger partial charge in [-0.1, -0.05) is 42.5 Å². The highest BCUT2D eigenvalue weighted by molar-refractivity contribution is 5.90. The third-order valence-corrected chi connectivity index (χ3v) is 3.89. The van der Waals surface area contributed by atoms with Crippen LogP contribution in [-0.4, -0.2) is 25.0 Å². The zero-order chi connectivity index (χ0) is 13.8. The summed E-state index contributed by atoms with van der Waals surface area (Å²) in [5, 5.41) is 8.81. The van der Waals surface area contributed by atoms with Crippen molar-refractivity contribution in [3.63, 3.8) is 0 Å². The van der Waals surface area contributed by atoms with E-state index in [2.05, 4.69) is 28.8 Å². The number of piperidine rings is 1. The summed E-state index contributed by atoms with van der Waals surface area (Å²) < 4.78 is 0. The molecule has 0 aromatic heterocycles. The van der Waals surface area contributed by atoms with Crippen molar-refractivity contribution in [2.45, 2.75) is 25.3 Å². The number of hydrogen-bond donors (Lipinski definition) is 2. The standard InChI is InChI=1S/C17H20N2O/c20-17(19-15-8-4-10-18-12-15)11-14-7-3-6-13-5-1-2-9-16(13)14/h1-3,5-7,9,15,18H,4,8,10-12H2,(H,19,20)/t15-/m0/s1. The molecule has 104 valence electrons. The summed E-state index contributed by atoms with van der Waals surface area (Å²) in [5.41, 5.74) is 1.10.